The maximum Gasteiger partial charge on any atom is 0.122 e. The topological polar surface area (TPSA) is 18.5 Å². The van der Waals surface area contributed by atoms with Crippen LogP contribution in [0.1, 0.15) is 64.5 Å². The van der Waals surface area contributed by atoms with Crippen molar-refractivity contribution in [2.75, 3.05) is 13.2 Å². The van der Waals surface area contributed by atoms with Crippen LogP contribution in [0.3, 0.4) is 0 Å². The van der Waals surface area contributed by atoms with Gasteiger partial charge in [-0.25, -0.2) is 0 Å². The number of hydrogen-bond donors (Lipinski definition) is 0. The first-order valence-corrected chi connectivity index (χ1v) is 8.92. The van der Waals surface area contributed by atoms with Gasteiger partial charge in [-0.15, -0.1) is 0 Å². The lowest BCUT2D eigenvalue weighted by atomic mass is 10.0. The molecular weight excluding hydrogens is 272 g/mol. The molecule has 0 atom stereocenters. The minimum Gasteiger partial charge on any atom is -0.493 e. The van der Waals surface area contributed by atoms with E-state index in [0.717, 1.165) is 35.8 Å². The summed E-state index contributed by atoms with van der Waals surface area (Å²) >= 11 is 0. The first-order valence-electron chi connectivity index (χ1n) is 8.92. The molecule has 0 aromatic heterocycles. The first-order chi connectivity index (χ1) is 10.5. The summed E-state index contributed by atoms with van der Waals surface area (Å²) in [6.07, 6.45) is 4.69. The largest absolute Gasteiger partial charge is 0.493 e. The molecule has 0 aliphatic heterocycles. The number of aryl methyl sites for hydroxylation is 2. The van der Waals surface area contributed by atoms with Crippen molar-refractivity contribution in [2.24, 2.45) is 11.8 Å². The van der Waals surface area contributed by atoms with Crippen LogP contribution >= 0.6 is 0 Å². The molecule has 0 spiro atoms. The Morgan fingerprint density at radius 2 is 1.00 bits per heavy atom. The lowest BCUT2D eigenvalue weighted by molar-refractivity contribution is 0.232. The highest BCUT2D eigenvalue weighted by molar-refractivity contribution is 5.45. The molecule has 0 amide bonds. The van der Waals surface area contributed by atoms with Crippen molar-refractivity contribution in [1.29, 1.82) is 0 Å². The Labute approximate surface area is 137 Å². The smallest absolute Gasteiger partial charge is 0.122 e. The average Bonchev–Trinajstić information content (AvgIpc) is 2.53. The van der Waals surface area contributed by atoms with Gasteiger partial charge < -0.3 is 9.47 Å². The Hall–Kier alpha value is -1.18. The molecule has 2 heteroatoms. The maximum atomic E-state index is 6.03. The van der Waals surface area contributed by atoms with E-state index < -0.39 is 0 Å². The van der Waals surface area contributed by atoms with Crippen molar-refractivity contribution in [3.05, 3.63) is 23.3 Å². The predicted octanol–water partition coefficient (Wildman–Crippen LogP) is 5.93. The summed E-state index contributed by atoms with van der Waals surface area (Å²) in [5, 5.41) is 0. The van der Waals surface area contributed by atoms with Gasteiger partial charge in [-0.05, 0) is 48.9 Å². The SMILES string of the molecule is CCC(CC)COc1cc(C)c(OCC(CC)CC)cc1C. The van der Waals surface area contributed by atoms with E-state index in [1.807, 2.05) is 0 Å². The molecule has 0 fully saturated rings. The van der Waals surface area contributed by atoms with Crippen LogP contribution in [0.4, 0.5) is 0 Å². The van der Waals surface area contributed by atoms with Gasteiger partial charge in [0.1, 0.15) is 11.5 Å². The zero-order valence-electron chi connectivity index (χ0n) is 15.4. The van der Waals surface area contributed by atoms with Crippen molar-refractivity contribution in [1.82, 2.24) is 0 Å². The Morgan fingerprint density at radius 3 is 1.27 bits per heavy atom. The monoisotopic (exact) mass is 306 g/mol. The van der Waals surface area contributed by atoms with Gasteiger partial charge in [0.15, 0.2) is 0 Å². The summed E-state index contributed by atoms with van der Waals surface area (Å²) in [6.45, 7) is 14.7. The first kappa shape index (κ1) is 18.9. The third-order valence-corrected chi connectivity index (χ3v) is 4.73. The Kier molecular flexibility index (Phi) is 8.37. The summed E-state index contributed by atoms with van der Waals surface area (Å²) in [4.78, 5) is 0. The molecule has 0 radical (unpaired) electrons. The van der Waals surface area contributed by atoms with Gasteiger partial charge in [0, 0.05) is 0 Å². The predicted molar refractivity (Wildman–Crippen MR) is 95.1 cm³/mol. The normalized spacial score (nSPS) is 11.3. The molecule has 2 nitrogen and oxygen atoms in total. The molecule has 22 heavy (non-hydrogen) atoms. The lowest BCUT2D eigenvalue weighted by Gasteiger charge is -2.19. The average molecular weight is 306 g/mol. The van der Waals surface area contributed by atoms with E-state index in [1.54, 1.807) is 0 Å². The van der Waals surface area contributed by atoms with Gasteiger partial charge in [0.25, 0.3) is 0 Å². The summed E-state index contributed by atoms with van der Waals surface area (Å²) < 4.78 is 12.1. The minimum absolute atomic E-state index is 0.644. The Morgan fingerprint density at radius 1 is 0.682 bits per heavy atom. The maximum absolute atomic E-state index is 6.03. The van der Waals surface area contributed by atoms with E-state index in [9.17, 15) is 0 Å². The highest BCUT2D eigenvalue weighted by Gasteiger charge is 2.11. The van der Waals surface area contributed by atoms with Crippen LogP contribution in [0, 0.1) is 25.7 Å². The summed E-state index contributed by atoms with van der Waals surface area (Å²) in [5.41, 5.74) is 2.33. The van der Waals surface area contributed by atoms with E-state index in [0.29, 0.717) is 11.8 Å². The van der Waals surface area contributed by atoms with Crippen molar-refractivity contribution in [3.8, 4) is 11.5 Å². The number of hydrogen-bond acceptors (Lipinski definition) is 2. The van der Waals surface area contributed by atoms with Crippen LogP contribution < -0.4 is 9.47 Å². The Balaban J connectivity index is 2.70. The van der Waals surface area contributed by atoms with Gasteiger partial charge >= 0.3 is 0 Å². The number of ether oxygens (including phenoxy) is 2. The summed E-state index contributed by atoms with van der Waals surface area (Å²) in [6, 6.07) is 4.25. The molecule has 126 valence electrons. The molecular formula is C20H34O2. The molecule has 1 rings (SSSR count). The van der Waals surface area contributed by atoms with E-state index in [2.05, 4.69) is 53.7 Å². The van der Waals surface area contributed by atoms with Crippen molar-refractivity contribution in [3.63, 3.8) is 0 Å². The Bertz CT molecular complexity index is 390. The quantitative estimate of drug-likeness (QED) is 0.533. The summed E-state index contributed by atoms with van der Waals surface area (Å²) in [7, 11) is 0. The third-order valence-electron chi connectivity index (χ3n) is 4.73. The fourth-order valence-electron chi connectivity index (χ4n) is 2.54. The second-order valence-corrected chi connectivity index (χ2v) is 6.37. The van der Waals surface area contributed by atoms with Crippen LogP contribution in [-0.4, -0.2) is 13.2 Å². The van der Waals surface area contributed by atoms with E-state index >= 15 is 0 Å². The van der Waals surface area contributed by atoms with Crippen LogP contribution in [0.15, 0.2) is 12.1 Å². The third kappa shape index (κ3) is 5.55. The van der Waals surface area contributed by atoms with Crippen molar-refractivity contribution < 1.29 is 9.47 Å². The second-order valence-electron chi connectivity index (χ2n) is 6.37. The molecule has 0 saturated heterocycles. The van der Waals surface area contributed by atoms with Gasteiger partial charge in [0.2, 0.25) is 0 Å². The summed E-state index contributed by atoms with van der Waals surface area (Å²) in [5.74, 6) is 3.29. The van der Waals surface area contributed by atoms with Crippen LogP contribution in [0.2, 0.25) is 0 Å². The van der Waals surface area contributed by atoms with Crippen LogP contribution in [0.5, 0.6) is 11.5 Å². The molecule has 0 aliphatic rings. The molecule has 0 aliphatic carbocycles. The molecule has 0 saturated carbocycles. The number of benzene rings is 1. The highest BCUT2D eigenvalue weighted by Crippen LogP contribution is 2.29. The standard InChI is InChI=1S/C20H34O2/c1-7-17(8-2)13-21-19-11-16(6)20(12-15(19)5)22-14-18(9-3)10-4/h11-12,17-18H,7-10,13-14H2,1-6H3. The van der Waals surface area contributed by atoms with Gasteiger partial charge in [-0.1, -0.05) is 53.4 Å². The fourth-order valence-corrected chi connectivity index (χ4v) is 2.54. The van der Waals surface area contributed by atoms with Crippen molar-refractivity contribution >= 4 is 0 Å². The van der Waals surface area contributed by atoms with Gasteiger partial charge in [-0.2, -0.15) is 0 Å². The molecule has 0 N–H and O–H groups in total. The lowest BCUT2D eigenvalue weighted by Crippen LogP contribution is -2.12. The molecule has 0 heterocycles. The molecule has 0 bridgehead atoms. The van der Waals surface area contributed by atoms with E-state index in [4.69, 9.17) is 9.47 Å². The fraction of sp³-hybridized carbons (Fsp3) is 0.700. The van der Waals surface area contributed by atoms with Crippen LogP contribution in [0.25, 0.3) is 0 Å². The minimum atomic E-state index is 0.644. The molecule has 1 aromatic carbocycles. The molecule has 0 unspecified atom stereocenters. The van der Waals surface area contributed by atoms with Crippen LogP contribution in [-0.2, 0) is 0 Å². The van der Waals surface area contributed by atoms with E-state index in [-0.39, 0.29) is 0 Å². The van der Waals surface area contributed by atoms with Gasteiger partial charge in [0.05, 0.1) is 13.2 Å². The zero-order valence-corrected chi connectivity index (χ0v) is 15.4. The van der Waals surface area contributed by atoms with Crippen molar-refractivity contribution in [2.45, 2.75) is 67.2 Å². The van der Waals surface area contributed by atoms with E-state index in [1.165, 1.54) is 25.7 Å². The zero-order chi connectivity index (χ0) is 16.5. The molecule has 1 aromatic rings. The number of rotatable bonds is 10. The van der Waals surface area contributed by atoms with Gasteiger partial charge in [-0.3, -0.25) is 0 Å². The second kappa shape index (κ2) is 9.76. The highest BCUT2D eigenvalue weighted by atomic mass is 16.5.